The zero-order chi connectivity index (χ0) is 18.7. The Morgan fingerprint density at radius 2 is 1.96 bits per heavy atom. The molecule has 1 saturated heterocycles. The molecule has 7 heteroatoms. The van der Waals surface area contributed by atoms with Crippen molar-refractivity contribution in [2.45, 2.75) is 26.3 Å². The van der Waals surface area contributed by atoms with Crippen molar-refractivity contribution < 1.29 is 9.53 Å². The molecule has 1 amide bonds. The van der Waals surface area contributed by atoms with Gasteiger partial charge < -0.3 is 15.0 Å². The zero-order valence-electron chi connectivity index (χ0n) is 15.1. The smallest absolute Gasteiger partial charge is 0.253 e. The SMILES string of the molecule is CC(C)CC(CNC(=O)c1c[nH]c2cc(Br)c(Br)cc12)N1CCOCC1. The Morgan fingerprint density at radius 3 is 2.65 bits per heavy atom. The van der Waals surface area contributed by atoms with Gasteiger partial charge in [-0.15, -0.1) is 0 Å². The predicted molar refractivity (Wildman–Crippen MR) is 112 cm³/mol. The summed E-state index contributed by atoms with van der Waals surface area (Å²) in [6.07, 6.45) is 2.84. The Kier molecular flexibility index (Phi) is 6.77. The quantitative estimate of drug-likeness (QED) is 0.644. The first-order valence-corrected chi connectivity index (χ1v) is 10.6. The van der Waals surface area contributed by atoms with Crippen molar-refractivity contribution in [3.05, 3.63) is 32.8 Å². The lowest BCUT2D eigenvalue weighted by Gasteiger charge is -2.35. The molecule has 2 heterocycles. The molecular weight excluding hydrogens is 462 g/mol. The molecule has 1 fully saturated rings. The van der Waals surface area contributed by atoms with Crippen molar-refractivity contribution in [3.8, 4) is 0 Å². The summed E-state index contributed by atoms with van der Waals surface area (Å²) in [6.45, 7) is 8.51. The van der Waals surface area contributed by atoms with Gasteiger partial charge in [0.25, 0.3) is 5.91 Å². The number of rotatable bonds is 6. The number of carbonyl (C=O) groups excluding carboxylic acids is 1. The van der Waals surface area contributed by atoms with E-state index >= 15 is 0 Å². The molecule has 0 radical (unpaired) electrons. The van der Waals surface area contributed by atoms with E-state index in [1.165, 1.54) is 0 Å². The average molecular weight is 487 g/mol. The lowest BCUT2D eigenvalue weighted by molar-refractivity contribution is 0.0124. The number of hydrogen-bond donors (Lipinski definition) is 2. The summed E-state index contributed by atoms with van der Waals surface area (Å²) in [5.74, 6) is 0.550. The minimum Gasteiger partial charge on any atom is -0.379 e. The van der Waals surface area contributed by atoms with E-state index in [-0.39, 0.29) is 5.91 Å². The minimum atomic E-state index is -0.0347. The van der Waals surface area contributed by atoms with Crippen LogP contribution in [0.25, 0.3) is 10.9 Å². The van der Waals surface area contributed by atoms with Crippen LogP contribution in [-0.2, 0) is 4.74 Å². The van der Waals surface area contributed by atoms with Crippen molar-refractivity contribution in [3.63, 3.8) is 0 Å². The Balaban J connectivity index is 1.70. The summed E-state index contributed by atoms with van der Waals surface area (Å²) >= 11 is 7.01. The lowest BCUT2D eigenvalue weighted by Crippen LogP contribution is -2.49. The highest BCUT2D eigenvalue weighted by atomic mass is 79.9. The zero-order valence-corrected chi connectivity index (χ0v) is 18.3. The van der Waals surface area contributed by atoms with Crippen LogP contribution in [0.4, 0.5) is 0 Å². The molecule has 0 aliphatic carbocycles. The van der Waals surface area contributed by atoms with Crippen LogP contribution in [0.1, 0.15) is 30.6 Å². The number of carbonyl (C=O) groups is 1. The van der Waals surface area contributed by atoms with Crippen LogP contribution in [0, 0.1) is 5.92 Å². The number of fused-ring (bicyclic) bond motifs is 1. The van der Waals surface area contributed by atoms with Crippen molar-refractivity contribution >= 4 is 48.7 Å². The molecule has 1 aliphatic rings. The number of nitrogens with zero attached hydrogens (tertiary/aromatic N) is 1. The molecule has 0 spiro atoms. The van der Waals surface area contributed by atoms with Crippen LogP contribution in [0.3, 0.4) is 0 Å². The average Bonchev–Trinajstić information content (AvgIpc) is 3.02. The second-order valence-electron chi connectivity index (χ2n) is 7.16. The van der Waals surface area contributed by atoms with Crippen LogP contribution < -0.4 is 5.32 Å². The Hall–Kier alpha value is -0.890. The first-order valence-electron chi connectivity index (χ1n) is 9.02. The highest BCUT2D eigenvalue weighted by Gasteiger charge is 2.23. The Morgan fingerprint density at radius 1 is 1.27 bits per heavy atom. The number of aromatic nitrogens is 1. The van der Waals surface area contributed by atoms with Gasteiger partial charge in [0.05, 0.1) is 18.8 Å². The fraction of sp³-hybridized carbons (Fsp3) is 0.526. The molecule has 1 aliphatic heterocycles. The van der Waals surface area contributed by atoms with Crippen molar-refractivity contribution in [2.24, 2.45) is 5.92 Å². The fourth-order valence-corrected chi connectivity index (χ4v) is 4.15. The third kappa shape index (κ3) is 4.68. The summed E-state index contributed by atoms with van der Waals surface area (Å²) in [6, 6.07) is 4.29. The monoisotopic (exact) mass is 485 g/mol. The van der Waals surface area contributed by atoms with Gasteiger partial charge in [0.1, 0.15) is 0 Å². The largest absolute Gasteiger partial charge is 0.379 e. The normalized spacial score (nSPS) is 17.0. The lowest BCUT2D eigenvalue weighted by atomic mass is 10.0. The number of H-pyrrole nitrogens is 1. The van der Waals surface area contributed by atoms with Gasteiger partial charge >= 0.3 is 0 Å². The summed E-state index contributed by atoms with van der Waals surface area (Å²) in [4.78, 5) is 18.4. The van der Waals surface area contributed by atoms with E-state index in [2.05, 4.69) is 60.9 Å². The Bertz CT molecular complexity index is 769. The maximum atomic E-state index is 12.8. The summed E-state index contributed by atoms with van der Waals surface area (Å²) in [5, 5.41) is 4.07. The van der Waals surface area contributed by atoms with Gasteiger partial charge in [-0.3, -0.25) is 9.69 Å². The summed E-state index contributed by atoms with van der Waals surface area (Å²) in [7, 11) is 0. The maximum Gasteiger partial charge on any atom is 0.253 e. The van der Waals surface area contributed by atoms with Crippen LogP contribution in [0.2, 0.25) is 0 Å². The van der Waals surface area contributed by atoms with Crippen LogP contribution >= 0.6 is 31.9 Å². The van der Waals surface area contributed by atoms with Crippen molar-refractivity contribution in [2.75, 3.05) is 32.8 Å². The molecule has 1 unspecified atom stereocenters. The molecule has 1 aromatic heterocycles. The topological polar surface area (TPSA) is 57.4 Å². The molecule has 1 aromatic carbocycles. The standard InChI is InChI=1S/C19H25Br2N3O2/c1-12(2)7-13(24-3-5-26-6-4-24)10-23-19(25)15-11-22-18-9-17(21)16(20)8-14(15)18/h8-9,11-13,22H,3-7,10H2,1-2H3,(H,23,25). The van der Waals surface area contributed by atoms with Gasteiger partial charge in [-0.2, -0.15) is 0 Å². The summed E-state index contributed by atoms with van der Waals surface area (Å²) in [5.41, 5.74) is 1.62. The van der Waals surface area contributed by atoms with Gasteiger partial charge in [-0.1, -0.05) is 13.8 Å². The maximum absolute atomic E-state index is 12.8. The number of amides is 1. The number of halogens is 2. The third-order valence-corrected chi connectivity index (χ3v) is 6.62. The predicted octanol–water partition coefficient (Wildman–Crippen LogP) is 4.17. The van der Waals surface area contributed by atoms with E-state index in [1.807, 2.05) is 12.1 Å². The third-order valence-electron chi connectivity index (χ3n) is 4.77. The molecule has 1 atom stereocenters. The molecule has 2 aromatic rings. The second kappa shape index (κ2) is 8.87. The molecule has 0 bridgehead atoms. The number of benzene rings is 1. The van der Waals surface area contributed by atoms with Gasteiger partial charge in [0.15, 0.2) is 0 Å². The van der Waals surface area contributed by atoms with Crippen molar-refractivity contribution in [1.29, 1.82) is 0 Å². The van der Waals surface area contributed by atoms with Crippen LogP contribution in [0.5, 0.6) is 0 Å². The molecular formula is C19H25Br2N3O2. The van der Waals surface area contributed by atoms with E-state index in [4.69, 9.17) is 4.74 Å². The number of hydrogen-bond acceptors (Lipinski definition) is 3. The van der Waals surface area contributed by atoms with Gasteiger partial charge in [0, 0.05) is 51.7 Å². The van der Waals surface area contributed by atoms with E-state index in [0.29, 0.717) is 24.1 Å². The minimum absolute atomic E-state index is 0.0347. The van der Waals surface area contributed by atoms with Crippen LogP contribution in [0.15, 0.2) is 27.3 Å². The number of nitrogens with one attached hydrogen (secondary N) is 2. The van der Waals surface area contributed by atoms with Gasteiger partial charge in [0.2, 0.25) is 0 Å². The van der Waals surface area contributed by atoms with E-state index in [1.54, 1.807) is 6.20 Å². The first-order chi connectivity index (χ1) is 12.5. The fourth-order valence-electron chi connectivity index (χ4n) is 3.46. The van der Waals surface area contributed by atoms with Crippen LogP contribution in [-0.4, -0.2) is 54.7 Å². The Labute approximate surface area is 171 Å². The first kappa shape index (κ1) is 19.9. The molecule has 142 valence electrons. The molecule has 26 heavy (non-hydrogen) atoms. The molecule has 0 saturated carbocycles. The number of morpholine rings is 1. The molecule has 3 rings (SSSR count). The van der Waals surface area contributed by atoms with E-state index in [0.717, 1.165) is 52.6 Å². The number of aromatic amines is 1. The van der Waals surface area contributed by atoms with E-state index < -0.39 is 0 Å². The summed E-state index contributed by atoms with van der Waals surface area (Å²) < 4.78 is 7.36. The molecule has 2 N–H and O–H groups in total. The van der Waals surface area contributed by atoms with Crippen molar-refractivity contribution in [1.82, 2.24) is 15.2 Å². The van der Waals surface area contributed by atoms with E-state index in [9.17, 15) is 4.79 Å². The highest BCUT2D eigenvalue weighted by Crippen LogP contribution is 2.30. The van der Waals surface area contributed by atoms with Gasteiger partial charge in [-0.05, 0) is 56.3 Å². The second-order valence-corrected chi connectivity index (χ2v) is 8.86. The van der Waals surface area contributed by atoms with Gasteiger partial charge in [-0.25, -0.2) is 0 Å². The number of ether oxygens (including phenoxy) is 1. The molecule has 5 nitrogen and oxygen atoms in total. The highest BCUT2D eigenvalue weighted by molar-refractivity contribution is 9.13.